The van der Waals surface area contributed by atoms with E-state index in [1.54, 1.807) is 79.1 Å². The molecule has 0 atom stereocenters. The van der Waals surface area contributed by atoms with E-state index in [4.69, 9.17) is 4.42 Å². The molecule has 0 radical (unpaired) electrons. The zero-order chi connectivity index (χ0) is 27.2. The van der Waals surface area contributed by atoms with Gasteiger partial charge in [0, 0.05) is 29.7 Å². The second-order valence-electron chi connectivity index (χ2n) is 8.56. The molecular weight excluding hydrogens is 514 g/mol. The summed E-state index contributed by atoms with van der Waals surface area (Å²) < 4.78 is 34.1. The number of amides is 1. The van der Waals surface area contributed by atoms with Crippen molar-refractivity contribution >= 4 is 33.4 Å². The Balaban J connectivity index is 1.30. The van der Waals surface area contributed by atoms with Crippen molar-refractivity contribution in [2.75, 3.05) is 10.0 Å². The molecule has 3 aromatic carbocycles. The maximum absolute atomic E-state index is 12.9. The molecule has 1 amide bonds. The second kappa shape index (κ2) is 11.1. The van der Waals surface area contributed by atoms with Gasteiger partial charge in [0.25, 0.3) is 10.0 Å². The Morgan fingerprint density at radius 3 is 2.46 bits per heavy atom. The zero-order valence-corrected chi connectivity index (χ0v) is 21.6. The summed E-state index contributed by atoms with van der Waals surface area (Å²) in [7, 11) is -3.81. The number of sulfonamides is 1. The normalized spacial score (nSPS) is 11.4. The predicted octanol–water partition coefficient (Wildman–Crippen LogP) is 5.56. The van der Waals surface area contributed by atoms with Crippen LogP contribution < -0.4 is 10.0 Å². The van der Waals surface area contributed by atoms with Crippen molar-refractivity contribution in [3.63, 3.8) is 0 Å². The number of hydrogen-bond acceptors (Lipinski definition) is 7. The topological polar surface area (TPSA) is 127 Å². The lowest BCUT2D eigenvalue weighted by atomic mass is 10.1. The molecule has 2 N–H and O–H groups in total. The molecule has 0 spiro atoms. The first-order chi connectivity index (χ1) is 18.9. The lowest BCUT2D eigenvalue weighted by Gasteiger charge is -2.09. The molecule has 0 aliphatic rings. The molecule has 10 heteroatoms. The fraction of sp³-hybridized carbons (Fsp3) is 0.0345. The summed E-state index contributed by atoms with van der Waals surface area (Å²) in [5.41, 5.74) is 3.73. The maximum Gasteiger partial charge on any atom is 0.261 e. The summed E-state index contributed by atoms with van der Waals surface area (Å²) in [6.07, 6.45) is 6.13. The molecule has 0 fully saturated rings. The summed E-state index contributed by atoms with van der Waals surface area (Å²) in [4.78, 5) is 16.8. The van der Waals surface area contributed by atoms with Crippen LogP contribution in [0, 0.1) is 6.92 Å². The molecule has 0 saturated carbocycles. The molecule has 5 rings (SSSR count). The van der Waals surface area contributed by atoms with Crippen molar-refractivity contribution in [2.45, 2.75) is 11.8 Å². The Kier molecular flexibility index (Phi) is 7.28. The molecule has 9 nitrogen and oxygen atoms in total. The first-order valence-corrected chi connectivity index (χ1v) is 13.4. The summed E-state index contributed by atoms with van der Waals surface area (Å²) in [6, 6.07) is 24.0. The van der Waals surface area contributed by atoms with Crippen molar-refractivity contribution < 1.29 is 17.6 Å². The standard InChI is InChI=1S/C29H23N5O4S/c1-20-6-4-8-23(18-20)34-39(36,37)24-9-5-7-21(19-24)12-13-27(35)31-26-11-3-2-10-25(26)29-33-32-28(38-29)22-14-16-30-17-15-22/h2-19,34H,1H3,(H,31,35)/b13-12+. The Morgan fingerprint density at radius 1 is 0.872 bits per heavy atom. The van der Waals surface area contributed by atoms with E-state index >= 15 is 0 Å². The number of carbonyl (C=O) groups excluding carboxylic acids is 1. The monoisotopic (exact) mass is 537 g/mol. The Labute approximate surface area is 225 Å². The number of benzene rings is 3. The van der Waals surface area contributed by atoms with E-state index in [0.717, 1.165) is 11.1 Å². The third-order valence-corrected chi connectivity index (χ3v) is 7.01. The van der Waals surface area contributed by atoms with Crippen molar-refractivity contribution in [1.82, 2.24) is 15.2 Å². The van der Waals surface area contributed by atoms with Crippen molar-refractivity contribution in [3.8, 4) is 22.9 Å². The third kappa shape index (κ3) is 6.25. The van der Waals surface area contributed by atoms with Crippen molar-refractivity contribution in [3.05, 3.63) is 115 Å². The summed E-state index contributed by atoms with van der Waals surface area (Å²) in [5.74, 6) is 0.170. The largest absolute Gasteiger partial charge is 0.416 e. The van der Waals surface area contributed by atoms with E-state index in [9.17, 15) is 13.2 Å². The highest BCUT2D eigenvalue weighted by Crippen LogP contribution is 2.29. The molecule has 0 aliphatic heterocycles. The van der Waals surface area contributed by atoms with Gasteiger partial charge in [-0.25, -0.2) is 8.42 Å². The number of rotatable bonds is 8. The minimum atomic E-state index is -3.81. The van der Waals surface area contributed by atoms with Gasteiger partial charge in [0.15, 0.2) is 0 Å². The minimum Gasteiger partial charge on any atom is -0.416 e. The number of carbonyl (C=O) groups is 1. The molecule has 194 valence electrons. The molecule has 2 aromatic heterocycles. The number of para-hydroxylation sites is 1. The molecule has 0 unspecified atom stereocenters. The first-order valence-electron chi connectivity index (χ1n) is 11.9. The number of aryl methyl sites for hydroxylation is 1. The maximum atomic E-state index is 12.9. The predicted molar refractivity (Wildman–Crippen MR) is 149 cm³/mol. The van der Waals surface area contributed by atoms with Crippen LogP contribution in [0.1, 0.15) is 11.1 Å². The highest BCUT2D eigenvalue weighted by molar-refractivity contribution is 7.92. The lowest BCUT2D eigenvalue weighted by molar-refractivity contribution is -0.111. The van der Waals surface area contributed by atoms with Gasteiger partial charge in [0.2, 0.25) is 17.7 Å². The van der Waals surface area contributed by atoms with E-state index in [0.29, 0.717) is 28.4 Å². The van der Waals surface area contributed by atoms with Gasteiger partial charge in [-0.3, -0.25) is 14.5 Å². The van der Waals surface area contributed by atoms with Crippen LogP contribution in [0.4, 0.5) is 11.4 Å². The Bertz CT molecular complexity index is 1770. The zero-order valence-electron chi connectivity index (χ0n) is 20.8. The number of pyridine rings is 1. The van der Waals surface area contributed by atoms with Gasteiger partial charge in [-0.05, 0) is 72.7 Å². The third-order valence-electron chi connectivity index (χ3n) is 5.63. The number of nitrogens with zero attached hydrogens (tertiary/aromatic N) is 3. The SMILES string of the molecule is Cc1cccc(NS(=O)(=O)c2cccc(/C=C/C(=O)Nc3ccccc3-c3nnc(-c4ccncc4)o3)c2)c1. The summed E-state index contributed by atoms with van der Waals surface area (Å²) >= 11 is 0. The van der Waals surface area contributed by atoms with E-state index in [-0.39, 0.29) is 10.8 Å². The van der Waals surface area contributed by atoms with Crippen LogP contribution in [0.5, 0.6) is 0 Å². The van der Waals surface area contributed by atoms with Crippen molar-refractivity contribution in [1.29, 1.82) is 0 Å². The summed E-state index contributed by atoms with van der Waals surface area (Å²) in [6.45, 7) is 1.88. The molecular formula is C29H23N5O4S. The molecule has 0 saturated heterocycles. The van der Waals surface area contributed by atoms with Crippen LogP contribution >= 0.6 is 0 Å². The van der Waals surface area contributed by atoms with Gasteiger partial charge in [-0.15, -0.1) is 10.2 Å². The van der Waals surface area contributed by atoms with E-state index < -0.39 is 15.9 Å². The Morgan fingerprint density at radius 2 is 1.64 bits per heavy atom. The molecule has 2 heterocycles. The van der Waals surface area contributed by atoms with Gasteiger partial charge < -0.3 is 9.73 Å². The van der Waals surface area contributed by atoms with Gasteiger partial charge in [0.05, 0.1) is 16.1 Å². The van der Waals surface area contributed by atoms with Gasteiger partial charge in [0.1, 0.15) is 0 Å². The average molecular weight is 538 g/mol. The number of anilines is 2. The molecule has 0 aliphatic carbocycles. The van der Waals surface area contributed by atoms with E-state index in [1.807, 2.05) is 13.0 Å². The van der Waals surface area contributed by atoms with Crippen LogP contribution in [0.15, 0.2) is 113 Å². The van der Waals surface area contributed by atoms with E-state index in [2.05, 4.69) is 25.2 Å². The van der Waals surface area contributed by atoms with Crippen LogP contribution in [-0.2, 0) is 14.8 Å². The molecule has 39 heavy (non-hydrogen) atoms. The quantitative estimate of drug-likeness (QED) is 0.248. The van der Waals surface area contributed by atoms with Crippen LogP contribution in [0.25, 0.3) is 29.0 Å². The van der Waals surface area contributed by atoms with Gasteiger partial charge in [-0.1, -0.05) is 36.4 Å². The second-order valence-corrected chi connectivity index (χ2v) is 10.2. The van der Waals surface area contributed by atoms with E-state index in [1.165, 1.54) is 24.3 Å². The molecule has 0 bridgehead atoms. The number of nitrogens with one attached hydrogen (secondary N) is 2. The summed E-state index contributed by atoms with van der Waals surface area (Å²) in [5, 5.41) is 11.0. The Hall–Kier alpha value is -5.09. The first kappa shape index (κ1) is 25.6. The number of hydrogen-bond donors (Lipinski definition) is 2. The fourth-order valence-corrected chi connectivity index (χ4v) is 4.88. The van der Waals surface area contributed by atoms with Gasteiger partial charge >= 0.3 is 0 Å². The fourth-order valence-electron chi connectivity index (χ4n) is 3.78. The highest BCUT2D eigenvalue weighted by Gasteiger charge is 2.16. The van der Waals surface area contributed by atoms with Crippen LogP contribution in [0.3, 0.4) is 0 Å². The molecule has 5 aromatic rings. The van der Waals surface area contributed by atoms with Crippen LogP contribution in [0.2, 0.25) is 0 Å². The lowest BCUT2D eigenvalue weighted by Crippen LogP contribution is -2.13. The van der Waals surface area contributed by atoms with Crippen molar-refractivity contribution in [2.24, 2.45) is 0 Å². The smallest absolute Gasteiger partial charge is 0.261 e. The number of aromatic nitrogens is 3. The highest BCUT2D eigenvalue weighted by atomic mass is 32.2. The minimum absolute atomic E-state index is 0.0818. The average Bonchev–Trinajstić information content (AvgIpc) is 3.43. The van der Waals surface area contributed by atoms with Gasteiger partial charge in [-0.2, -0.15) is 0 Å². The van der Waals surface area contributed by atoms with Crippen LogP contribution in [-0.4, -0.2) is 29.5 Å².